The van der Waals surface area contributed by atoms with Gasteiger partial charge in [-0.15, -0.1) is 0 Å². The zero-order valence-electron chi connectivity index (χ0n) is 13.6. The van der Waals surface area contributed by atoms with E-state index in [1.807, 2.05) is 0 Å². The first kappa shape index (κ1) is 17.8. The lowest BCUT2D eigenvalue weighted by Gasteiger charge is -2.26. The molecule has 1 heterocycles. The van der Waals surface area contributed by atoms with Crippen molar-refractivity contribution in [3.8, 4) is 0 Å². The molecule has 2 atom stereocenters. The normalized spacial score (nSPS) is 21.2. The monoisotopic (exact) mass is 382 g/mol. The van der Waals surface area contributed by atoms with Gasteiger partial charge in [-0.3, -0.25) is 9.59 Å². The summed E-state index contributed by atoms with van der Waals surface area (Å²) in [7, 11) is -3.32. The van der Waals surface area contributed by atoms with Gasteiger partial charge in [-0.1, -0.05) is 24.2 Å². The van der Waals surface area contributed by atoms with E-state index in [1.165, 1.54) is 23.5 Å². The average Bonchev–Trinajstić information content (AvgIpc) is 2.95. The molecule has 0 spiro atoms. The van der Waals surface area contributed by atoms with Crippen LogP contribution in [0.4, 0.5) is 5.13 Å². The lowest BCUT2D eigenvalue weighted by Crippen LogP contribution is -2.36. The first-order chi connectivity index (χ1) is 11.8. The van der Waals surface area contributed by atoms with Gasteiger partial charge in [-0.05, 0) is 31.0 Å². The number of benzene rings is 1. The number of carboxylic acid groups (broad SMARTS) is 1. The van der Waals surface area contributed by atoms with Gasteiger partial charge in [-0.25, -0.2) is 13.4 Å². The number of sulfone groups is 1. The summed E-state index contributed by atoms with van der Waals surface area (Å²) in [5.41, 5.74) is 0.589. The van der Waals surface area contributed by atoms with Gasteiger partial charge in [0, 0.05) is 6.26 Å². The molecule has 7 nitrogen and oxygen atoms in total. The molecule has 1 fully saturated rings. The van der Waals surface area contributed by atoms with Crippen molar-refractivity contribution < 1.29 is 23.1 Å². The lowest BCUT2D eigenvalue weighted by molar-refractivity contribution is -0.147. The quantitative estimate of drug-likeness (QED) is 0.840. The number of carbonyl (C=O) groups is 2. The van der Waals surface area contributed by atoms with Crippen LogP contribution >= 0.6 is 11.3 Å². The highest BCUT2D eigenvalue weighted by atomic mass is 32.2. The molecule has 2 aromatic rings. The van der Waals surface area contributed by atoms with Crippen molar-refractivity contribution in [1.82, 2.24) is 4.98 Å². The molecule has 25 heavy (non-hydrogen) atoms. The fourth-order valence-electron chi connectivity index (χ4n) is 3.13. The predicted octanol–water partition coefficient (Wildman–Crippen LogP) is 2.53. The number of nitrogens with zero attached hydrogens (tertiary/aromatic N) is 1. The van der Waals surface area contributed by atoms with Crippen molar-refractivity contribution in [3.05, 3.63) is 18.2 Å². The molecule has 1 amide bonds. The van der Waals surface area contributed by atoms with Gasteiger partial charge in [0.15, 0.2) is 15.0 Å². The first-order valence-corrected chi connectivity index (χ1v) is 10.6. The molecule has 0 bridgehead atoms. The molecular weight excluding hydrogens is 364 g/mol. The van der Waals surface area contributed by atoms with E-state index in [0.29, 0.717) is 28.2 Å². The van der Waals surface area contributed by atoms with Gasteiger partial charge >= 0.3 is 5.97 Å². The number of fused-ring (bicyclic) bond motifs is 1. The number of hydrogen-bond donors (Lipinski definition) is 2. The number of nitrogens with one attached hydrogen (secondary N) is 1. The van der Waals surface area contributed by atoms with Crippen LogP contribution in [0, 0.1) is 11.8 Å². The Balaban J connectivity index is 1.82. The molecule has 1 aliphatic carbocycles. The van der Waals surface area contributed by atoms with E-state index in [0.717, 1.165) is 19.1 Å². The highest BCUT2D eigenvalue weighted by molar-refractivity contribution is 7.90. The SMILES string of the molecule is CS(=O)(=O)c1ccc2nc(NC(=O)[C@@H]3CCCC[C@H]3C(=O)O)sc2c1. The van der Waals surface area contributed by atoms with Crippen LogP contribution in [0.2, 0.25) is 0 Å². The molecule has 9 heteroatoms. The molecule has 1 aliphatic rings. The largest absolute Gasteiger partial charge is 0.481 e. The van der Waals surface area contributed by atoms with E-state index >= 15 is 0 Å². The van der Waals surface area contributed by atoms with Crippen molar-refractivity contribution in [1.29, 1.82) is 0 Å². The Bertz CT molecular complexity index is 935. The minimum Gasteiger partial charge on any atom is -0.481 e. The van der Waals surface area contributed by atoms with Gasteiger partial charge in [0.1, 0.15) is 0 Å². The third kappa shape index (κ3) is 3.82. The van der Waals surface area contributed by atoms with Crippen molar-refractivity contribution >= 4 is 48.4 Å². The van der Waals surface area contributed by atoms with Gasteiger partial charge in [0.25, 0.3) is 0 Å². The standard InChI is InChI=1S/C16H18N2O5S2/c1-25(22,23)9-6-7-12-13(8-9)24-16(17-12)18-14(19)10-4-2-3-5-11(10)15(20)21/h6-8,10-11H,2-5H2,1H3,(H,20,21)(H,17,18,19)/t10-,11-/m1/s1. The molecule has 2 N–H and O–H groups in total. The van der Waals surface area contributed by atoms with E-state index in [2.05, 4.69) is 10.3 Å². The van der Waals surface area contributed by atoms with Crippen LogP contribution in [0.3, 0.4) is 0 Å². The van der Waals surface area contributed by atoms with Gasteiger partial charge in [0.05, 0.1) is 26.9 Å². The first-order valence-electron chi connectivity index (χ1n) is 7.90. The maximum atomic E-state index is 12.5. The summed E-state index contributed by atoms with van der Waals surface area (Å²) in [6.07, 6.45) is 3.83. The van der Waals surface area contributed by atoms with Crippen LogP contribution in [-0.4, -0.2) is 36.6 Å². The minimum atomic E-state index is -3.32. The third-order valence-electron chi connectivity index (χ3n) is 4.44. The Labute approximate surface area is 149 Å². The van der Waals surface area contributed by atoms with Crippen molar-refractivity contribution in [3.63, 3.8) is 0 Å². The molecule has 0 saturated heterocycles. The molecule has 134 valence electrons. The molecule has 0 radical (unpaired) electrons. The zero-order chi connectivity index (χ0) is 18.2. The number of anilines is 1. The number of amides is 1. The number of carbonyl (C=O) groups excluding carboxylic acids is 1. The van der Waals surface area contributed by atoms with Gasteiger partial charge < -0.3 is 10.4 Å². The van der Waals surface area contributed by atoms with Crippen LogP contribution in [-0.2, 0) is 19.4 Å². The Morgan fingerprint density at radius 3 is 2.56 bits per heavy atom. The number of rotatable bonds is 4. The lowest BCUT2D eigenvalue weighted by atomic mass is 9.79. The van der Waals surface area contributed by atoms with E-state index in [4.69, 9.17) is 0 Å². The molecule has 1 aromatic heterocycles. The fraction of sp³-hybridized carbons (Fsp3) is 0.438. The Morgan fingerprint density at radius 2 is 1.92 bits per heavy atom. The summed E-state index contributed by atoms with van der Waals surface area (Å²) >= 11 is 1.17. The molecule has 1 aromatic carbocycles. The van der Waals surface area contributed by atoms with E-state index in [9.17, 15) is 23.1 Å². The molecular formula is C16H18N2O5S2. The van der Waals surface area contributed by atoms with E-state index < -0.39 is 27.6 Å². The number of carboxylic acids is 1. The van der Waals surface area contributed by atoms with Crippen molar-refractivity contribution in [2.45, 2.75) is 30.6 Å². The van der Waals surface area contributed by atoms with Crippen LogP contribution in [0.15, 0.2) is 23.1 Å². The summed E-state index contributed by atoms with van der Waals surface area (Å²) in [6, 6.07) is 4.60. The van der Waals surface area contributed by atoms with Crippen molar-refractivity contribution in [2.75, 3.05) is 11.6 Å². The summed E-state index contributed by atoms with van der Waals surface area (Å²) < 4.78 is 23.9. The minimum absolute atomic E-state index is 0.194. The summed E-state index contributed by atoms with van der Waals surface area (Å²) in [6.45, 7) is 0. The van der Waals surface area contributed by atoms with E-state index in [-0.39, 0.29) is 10.8 Å². The molecule has 0 aliphatic heterocycles. The topological polar surface area (TPSA) is 113 Å². The average molecular weight is 382 g/mol. The van der Waals surface area contributed by atoms with Crippen LogP contribution < -0.4 is 5.32 Å². The van der Waals surface area contributed by atoms with Crippen LogP contribution in [0.5, 0.6) is 0 Å². The number of aromatic nitrogens is 1. The summed E-state index contributed by atoms with van der Waals surface area (Å²) in [5, 5.41) is 12.3. The van der Waals surface area contributed by atoms with Crippen LogP contribution in [0.1, 0.15) is 25.7 Å². The predicted molar refractivity (Wildman–Crippen MR) is 94.4 cm³/mol. The highest BCUT2D eigenvalue weighted by Gasteiger charge is 2.36. The molecule has 1 saturated carbocycles. The fourth-order valence-corrected chi connectivity index (χ4v) is 4.76. The molecule has 3 rings (SSSR count). The summed E-state index contributed by atoms with van der Waals surface area (Å²) in [5.74, 6) is -2.51. The van der Waals surface area contributed by atoms with Gasteiger partial charge in [0.2, 0.25) is 5.91 Å². The maximum absolute atomic E-state index is 12.5. The summed E-state index contributed by atoms with van der Waals surface area (Å²) in [4.78, 5) is 28.3. The smallest absolute Gasteiger partial charge is 0.307 e. The second kappa shape index (κ2) is 6.72. The Morgan fingerprint density at radius 1 is 1.24 bits per heavy atom. The maximum Gasteiger partial charge on any atom is 0.307 e. The van der Waals surface area contributed by atoms with Crippen LogP contribution in [0.25, 0.3) is 10.2 Å². The number of hydrogen-bond acceptors (Lipinski definition) is 6. The van der Waals surface area contributed by atoms with E-state index in [1.54, 1.807) is 6.07 Å². The third-order valence-corrected chi connectivity index (χ3v) is 6.48. The number of thiazole rings is 1. The zero-order valence-corrected chi connectivity index (χ0v) is 15.2. The Kier molecular flexibility index (Phi) is 4.79. The van der Waals surface area contributed by atoms with Gasteiger partial charge in [-0.2, -0.15) is 0 Å². The molecule has 0 unspecified atom stereocenters. The number of aliphatic carboxylic acids is 1. The second-order valence-corrected chi connectivity index (χ2v) is 9.29. The Hall–Kier alpha value is -2.00. The second-order valence-electron chi connectivity index (χ2n) is 6.25. The highest BCUT2D eigenvalue weighted by Crippen LogP contribution is 2.33. The van der Waals surface area contributed by atoms with Crippen molar-refractivity contribution in [2.24, 2.45) is 11.8 Å².